The number of nitrogens with one attached hydrogen (secondary N) is 1. The Balaban J connectivity index is 1.64. The summed E-state index contributed by atoms with van der Waals surface area (Å²) in [4.78, 5) is 24.4. The molecule has 0 fully saturated rings. The number of carboxylic acid groups (broad SMARTS) is 1. The van der Waals surface area contributed by atoms with Gasteiger partial charge in [0.05, 0.1) is 18.6 Å². The number of carbonyl (C=O) groups excluding carboxylic acids is 1. The number of benzene rings is 3. The molecule has 0 bridgehead atoms. The van der Waals surface area contributed by atoms with E-state index in [9.17, 15) is 19.1 Å². The Morgan fingerprint density at radius 2 is 1.59 bits per heavy atom. The highest BCUT2D eigenvalue weighted by molar-refractivity contribution is 5.97. The summed E-state index contributed by atoms with van der Waals surface area (Å²) in [6.45, 7) is 2.24. The van der Waals surface area contributed by atoms with E-state index in [1.165, 1.54) is 19.2 Å². The first-order valence-electron chi connectivity index (χ1n) is 11.1. The third-order valence-corrected chi connectivity index (χ3v) is 5.40. The van der Waals surface area contributed by atoms with Crippen molar-refractivity contribution >= 4 is 11.9 Å². The number of amides is 1. The summed E-state index contributed by atoms with van der Waals surface area (Å²) in [5.41, 5.74) is 2.00. The SMILES string of the molecule is CCC[C@@H](Cc1ccc(OC)c(C(=O)NCc2ccc(Oc3ccc(F)cc3)cc2)c1)C(=O)O. The summed E-state index contributed by atoms with van der Waals surface area (Å²) >= 11 is 0. The second-order valence-electron chi connectivity index (χ2n) is 7.95. The van der Waals surface area contributed by atoms with Gasteiger partial charge in [-0.25, -0.2) is 4.39 Å². The summed E-state index contributed by atoms with van der Waals surface area (Å²) in [6, 6.07) is 18.1. The van der Waals surface area contributed by atoms with Crippen LogP contribution in [0, 0.1) is 11.7 Å². The summed E-state index contributed by atoms with van der Waals surface area (Å²) in [7, 11) is 1.49. The van der Waals surface area contributed by atoms with Crippen molar-refractivity contribution < 1.29 is 28.6 Å². The van der Waals surface area contributed by atoms with Gasteiger partial charge in [0.25, 0.3) is 5.91 Å². The van der Waals surface area contributed by atoms with Gasteiger partial charge >= 0.3 is 5.97 Å². The van der Waals surface area contributed by atoms with Crippen molar-refractivity contribution in [3.05, 3.63) is 89.2 Å². The molecule has 1 atom stereocenters. The second-order valence-corrected chi connectivity index (χ2v) is 7.95. The van der Waals surface area contributed by atoms with Crippen LogP contribution in [-0.2, 0) is 17.8 Å². The molecule has 0 aliphatic heterocycles. The predicted molar refractivity (Wildman–Crippen MR) is 127 cm³/mol. The zero-order valence-electron chi connectivity index (χ0n) is 19.2. The molecule has 3 rings (SSSR count). The molecule has 0 aromatic heterocycles. The first kappa shape index (κ1) is 24.8. The number of hydrogen-bond donors (Lipinski definition) is 2. The largest absolute Gasteiger partial charge is 0.496 e. The molecule has 0 unspecified atom stereocenters. The van der Waals surface area contributed by atoms with E-state index < -0.39 is 11.9 Å². The van der Waals surface area contributed by atoms with Crippen LogP contribution in [0.3, 0.4) is 0 Å². The van der Waals surface area contributed by atoms with E-state index in [2.05, 4.69) is 5.32 Å². The number of aliphatic carboxylic acids is 1. The van der Waals surface area contributed by atoms with Crippen molar-refractivity contribution in [3.63, 3.8) is 0 Å². The molecule has 178 valence electrons. The lowest BCUT2D eigenvalue weighted by atomic mass is 9.94. The number of rotatable bonds is 11. The molecular formula is C27H28FNO5. The van der Waals surface area contributed by atoms with Crippen LogP contribution in [0.25, 0.3) is 0 Å². The van der Waals surface area contributed by atoms with Crippen LogP contribution in [0.2, 0.25) is 0 Å². The number of carbonyl (C=O) groups is 2. The smallest absolute Gasteiger partial charge is 0.306 e. The Labute approximate surface area is 198 Å². The molecule has 0 aliphatic carbocycles. The van der Waals surface area contributed by atoms with E-state index in [1.54, 1.807) is 42.5 Å². The van der Waals surface area contributed by atoms with Crippen molar-refractivity contribution in [1.29, 1.82) is 0 Å². The highest BCUT2D eigenvalue weighted by Crippen LogP contribution is 2.24. The molecule has 0 saturated carbocycles. The van der Waals surface area contributed by atoms with Crippen molar-refractivity contribution in [1.82, 2.24) is 5.32 Å². The molecule has 0 aliphatic rings. The fraction of sp³-hybridized carbons (Fsp3) is 0.259. The fourth-order valence-corrected chi connectivity index (χ4v) is 3.60. The molecule has 0 spiro atoms. The number of hydrogen-bond acceptors (Lipinski definition) is 4. The Bertz CT molecular complexity index is 1110. The maximum absolute atomic E-state index is 13.0. The van der Waals surface area contributed by atoms with E-state index in [1.807, 2.05) is 19.1 Å². The van der Waals surface area contributed by atoms with Crippen molar-refractivity contribution in [2.75, 3.05) is 7.11 Å². The van der Waals surface area contributed by atoms with Gasteiger partial charge in [0.2, 0.25) is 0 Å². The maximum atomic E-state index is 13.0. The summed E-state index contributed by atoms with van der Waals surface area (Å²) < 4.78 is 24.0. The fourth-order valence-electron chi connectivity index (χ4n) is 3.60. The van der Waals surface area contributed by atoms with Gasteiger partial charge in [0.15, 0.2) is 0 Å². The van der Waals surface area contributed by atoms with Crippen molar-refractivity contribution in [2.24, 2.45) is 5.92 Å². The van der Waals surface area contributed by atoms with E-state index >= 15 is 0 Å². The van der Waals surface area contributed by atoms with Gasteiger partial charge < -0.3 is 19.9 Å². The topological polar surface area (TPSA) is 84.9 Å². The molecule has 1 amide bonds. The van der Waals surface area contributed by atoms with E-state index in [0.29, 0.717) is 35.7 Å². The van der Waals surface area contributed by atoms with Gasteiger partial charge in [0.1, 0.15) is 23.1 Å². The molecule has 6 nitrogen and oxygen atoms in total. The Morgan fingerprint density at radius 3 is 2.18 bits per heavy atom. The summed E-state index contributed by atoms with van der Waals surface area (Å²) in [5, 5.41) is 12.3. The van der Waals surface area contributed by atoms with Crippen molar-refractivity contribution in [2.45, 2.75) is 32.7 Å². The summed E-state index contributed by atoms with van der Waals surface area (Å²) in [5.74, 6) is -0.433. The monoisotopic (exact) mass is 465 g/mol. The highest BCUT2D eigenvalue weighted by Gasteiger charge is 2.19. The van der Waals surface area contributed by atoms with Gasteiger partial charge in [-0.1, -0.05) is 31.5 Å². The van der Waals surface area contributed by atoms with Gasteiger partial charge in [-0.2, -0.15) is 0 Å². The van der Waals surface area contributed by atoms with E-state index in [0.717, 1.165) is 17.5 Å². The van der Waals surface area contributed by atoms with Crippen LogP contribution in [0.1, 0.15) is 41.3 Å². The van der Waals surface area contributed by atoms with Crippen LogP contribution in [0.15, 0.2) is 66.7 Å². The second kappa shape index (κ2) is 11.8. The lowest BCUT2D eigenvalue weighted by molar-refractivity contribution is -0.141. The number of ether oxygens (including phenoxy) is 2. The molecule has 3 aromatic rings. The van der Waals surface area contributed by atoms with Gasteiger partial charge in [-0.3, -0.25) is 9.59 Å². The molecule has 34 heavy (non-hydrogen) atoms. The highest BCUT2D eigenvalue weighted by atomic mass is 19.1. The molecule has 2 N–H and O–H groups in total. The molecular weight excluding hydrogens is 437 g/mol. The van der Waals surface area contributed by atoms with Crippen LogP contribution < -0.4 is 14.8 Å². The third-order valence-electron chi connectivity index (χ3n) is 5.40. The average Bonchev–Trinajstić information content (AvgIpc) is 2.84. The molecule has 3 aromatic carbocycles. The molecule has 7 heteroatoms. The number of halogens is 1. The van der Waals surface area contributed by atoms with Crippen LogP contribution >= 0.6 is 0 Å². The predicted octanol–water partition coefficient (Wildman–Crippen LogP) is 5.60. The minimum Gasteiger partial charge on any atom is -0.496 e. The van der Waals surface area contributed by atoms with Gasteiger partial charge in [0, 0.05) is 6.54 Å². The molecule has 0 heterocycles. The standard InChI is InChI=1S/C27H28FNO5/c1-3-4-20(27(31)32)15-19-7-14-25(33-2)24(16-19)26(30)29-17-18-5-10-22(11-6-18)34-23-12-8-21(28)9-13-23/h5-14,16,20H,3-4,15,17H2,1-2H3,(H,29,30)(H,31,32)/t20-/m0/s1. The van der Waals surface area contributed by atoms with Crippen LogP contribution in [0.5, 0.6) is 17.2 Å². The lowest BCUT2D eigenvalue weighted by Crippen LogP contribution is -2.24. The number of methoxy groups -OCH3 is 1. The third kappa shape index (κ3) is 6.81. The Kier molecular flexibility index (Phi) is 8.62. The minimum absolute atomic E-state index is 0.288. The Morgan fingerprint density at radius 1 is 0.971 bits per heavy atom. The zero-order valence-corrected chi connectivity index (χ0v) is 19.2. The average molecular weight is 466 g/mol. The van der Waals surface area contributed by atoms with Crippen LogP contribution in [-0.4, -0.2) is 24.1 Å². The molecule has 0 radical (unpaired) electrons. The van der Waals surface area contributed by atoms with E-state index in [4.69, 9.17) is 9.47 Å². The van der Waals surface area contributed by atoms with Crippen molar-refractivity contribution in [3.8, 4) is 17.2 Å². The summed E-state index contributed by atoms with van der Waals surface area (Å²) in [6.07, 6.45) is 1.70. The Hall–Kier alpha value is -3.87. The van der Waals surface area contributed by atoms with Gasteiger partial charge in [-0.05, 0) is 72.5 Å². The first-order chi connectivity index (χ1) is 16.4. The van der Waals surface area contributed by atoms with Crippen LogP contribution in [0.4, 0.5) is 4.39 Å². The van der Waals surface area contributed by atoms with E-state index in [-0.39, 0.29) is 18.3 Å². The van der Waals surface area contributed by atoms with Gasteiger partial charge in [-0.15, -0.1) is 0 Å². The number of carboxylic acids is 1. The maximum Gasteiger partial charge on any atom is 0.306 e. The minimum atomic E-state index is -0.837. The zero-order chi connectivity index (χ0) is 24.5. The first-order valence-corrected chi connectivity index (χ1v) is 11.1. The quantitative estimate of drug-likeness (QED) is 0.385. The molecule has 0 saturated heterocycles. The lowest BCUT2D eigenvalue weighted by Gasteiger charge is -2.14. The normalized spacial score (nSPS) is 11.5.